The molecule has 0 aliphatic heterocycles. The molecule has 1 aromatic carbocycles. The molecule has 118 valence electrons. The fraction of sp³-hybridized carbons (Fsp3) is 0.154. The van der Waals surface area contributed by atoms with E-state index in [-0.39, 0.29) is 23.9 Å². The molecule has 0 radical (unpaired) electrons. The second kappa shape index (κ2) is 6.82. The monoisotopic (exact) mass is 341 g/mol. The number of nitrogens with zero attached hydrogens (tertiary/aromatic N) is 1. The van der Waals surface area contributed by atoms with E-state index in [9.17, 15) is 4.21 Å². The van der Waals surface area contributed by atoms with E-state index in [1.54, 1.807) is 24.5 Å². The summed E-state index contributed by atoms with van der Waals surface area (Å²) in [5.41, 5.74) is 14.8. The lowest BCUT2D eigenvalue weighted by atomic mass is 10.2. The van der Waals surface area contributed by atoms with Crippen LogP contribution in [0.4, 0.5) is 17.3 Å². The Morgan fingerprint density at radius 3 is 2.73 bits per heavy atom. The number of rotatable bonds is 5. The molecule has 0 saturated carbocycles. The van der Waals surface area contributed by atoms with Gasteiger partial charge in [0, 0.05) is 27.8 Å². The minimum absolute atomic E-state index is 0.132. The van der Waals surface area contributed by atoms with Crippen LogP contribution in [-0.4, -0.2) is 15.4 Å². The molecule has 0 aliphatic carbocycles. The Morgan fingerprint density at radius 2 is 2.09 bits per heavy atom. The van der Waals surface area contributed by atoms with Crippen LogP contribution in [-0.2, 0) is 17.4 Å². The molecule has 0 saturated heterocycles. The first-order valence-electron chi connectivity index (χ1n) is 6.19. The highest BCUT2D eigenvalue weighted by atomic mass is 35.5. The third-order valence-corrected chi connectivity index (χ3v) is 4.15. The number of hydrazine groups is 1. The number of anilines is 3. The van der Waals surface area contributed by atoms with Gasteiger partial charge in [-0.3, -0.25) is 4.21 Å². The second-order valence-corrected chi connectivity index (χ2v) is 6.23. The van der Waals surface area contributed by atoms with Crippen molar-refractivity contribution in [3.63, 3.8) is 0 Å². The van der Waals surface area contributed by atoms with Crippen LogP contribution in [0.5, 0.6) is 5.75 Å². The molecular weight excluding hydrogens is 326 g/mol. The Hall–Kier alpha value is -2.03. The topological polar surface area (TPSA) is 129 Å². The maximum atomic E-state index is 11.7. The van der Waals surface area contributed by atoms with Crippen LogP contribution >= 0.6 is 11.6 Å². The number of nitrogens with two attached hydrogens (primary N) is 3. The number of hydrogen-bond donors (Lipinski definition) is 4. The highest BCUT2D eigenvalue weighted by Crippen LogP contribution is 2.30. The van der Waals surface area contributed by atoms with Crippen molar-refractivity contribution < 1.29 is 8.95 Å². The zero-order valence-electron chi connectivity index (χ0n) is 11.8. The third kappa shape index (κ3) is 3.59. The highest BCUT2D eigenvalue weighted by Gasteiger charge is 2.12. The number of halogens is 1. The Kier molecular flexibility index (Phi) is 5.07. The first-order valence-corrected chi connectivity index (χ1v) is 8.13. The number of nitrogen functional groups attached to an aromatic ring is 3. The maximum absolute atomic E-state index is 11.7. The van der Waals surface area contributed by atoms with Crippen molar-refractivity contribution in [1.82, 2.24) is 4.98 Å². The van der Waals surface area contributed by atoms with Crippen molar-refractivity contribution in [3.05, 3.63) is 34.9 Å². The van der Waals surface area contributed by atoms with Crippen molar-refractivity contribution in [2.75, 3.05) is 23.1 Å². The molecule has 1 aromatic heterocycles. The molecule has 0 amide bonds. The molecule has 22 heavy (non-hydrogen) atoms. The molecule has 2 rings (SSSR count). The number of hydrogen-bond acceptors (Lipinski definition) is 7. The third-order valence-electron chi connectivity index (χ3n) is 2.89. The first kappa shape index (κ1) is 16.3. The van der Waals surface area contributed by atoms with E-state index in [0.717, 1.165) is 0 Å². The molecule has 1 unspecified atom stereocenters. The fourth-order valence-corrected chi connectivity index (χ4v) is 2.82. The summed E-state index contributed by atoms with van der Waals surface area (Å²) >= 11 is 5.97. The summed E-state index contributed by atoms with van der Waals surface area (Å²) in [5, 5.41) is 0.527. The van der Waals surface area contributed by atoms with Gasteiger partial charge in [0.1, 0.15) is 23.9 Å². The van der Waals surface area contributed by atoms with Crippen LogP contribution in [0, 0.1) is 0 Å². The van der Waals surface area contributed by atoms with Crippen LogP contribution in [0.3, 0.4) is 0 Å². The van der Waals surface area contributed by atoms with Gasteiger partial charge in [0.15, 0.2) is 5.82 Å². The van der Waals surface area contributed by atoms with Gasteiger partial charge in [-0.05, 0) is 18.2 Å². The minimum atomic E-state index is -1.16. The Bertz CT molecular complexity index is 726. The number of nitrogens with one attached hydrogen (secondary N) is 1. The van der Waals surface area contributed by atoms with Gasteiger partial charge in [0.05, 0.1) is 10.8 Å². The predicted molar refractivity (Wildman–Crippen MR) is 89.0 cm³/mol. The van der Waals surface area contributed by atoms with Crippen LogP contribution in [0.25, 0.3) is 0 Å². The van der Waals surface area contributed by atoms with Gasteiger partial charge < -0.3 is 21.6 Å². The number of aromatic nitrogens is 1. The summed E-state index contributed by atoms with van der Waals surface area (Å²) in [6.45, 7) is 0.132. The van der Waals surface area contributed by atoms with Crippen molar-refractivity contribution in [2.45, 2.75) is 11.5 Å². The normalized spacial score (nSPS) is 12.0. The van der Waals surface area contributed by atoms with E-state index in [1.807, 2.05) is 0 Å². The quantitative estimate of drug-likeness (QED) is 0.479. The van der Waals surface area contributed by atoms with Gasteiger partial charge in [-0.15, -0.1) is 0 Å². The molecular formula is C13H16ClN5O2S. The zero-order valence-corrected chi connectivity index (χ0v) is 13.4. The number of benzene rings is 1. The summed E-state index contributed by atoms with van der Waals surface area (Å²) in [6.07, 6.45) is 1.59. The maximum Gasteiger partial charge on any atom is 0.169 e. The molecule has 1 atom stereocenters. The standard InChI is InChI=1S/C13H16ClN5O2S/c1-22(20)10-3-2-8(14)4-7(10)6-21-9-5-11(15)18-13(19-17)12(9)16/h2-5H,6,16-17H2,1H3,(H3,15,18,19). The van der Waals surface area contributed by atoms with E-state index in [4.69, 9.17) is 33.6 Å². The summed E-state index contributed by atoms with van der Waals surface area (Å²) in [4.78, 5) is 4.57. The largest absolute Gasteiger partial charge is 0.486 e. The Balaban J connectivity index is 2.29. The van der Waals surface area contributed by atoms with Gasteiger partial charge >= 0.3 is 0 Å². The lowest BCUT2D eigenvalue weighted by molar-refractivity contribution is 0.305. The SMILES string of the molecule is CS(=O)c1ccc(Cl)cc1COc1cc(N)nc(NN)c1N. The Labute approximate surface area is 135 Å². The van der Waals surface area contributed by atoms with Crippen molar-refractivity contribution in [1.29, 1.82) is 0 Å². The van der Waals surface area contributed by atoms with E-state index >= 15 is 0 Å². The van der Waals surface area contributed by atoms with Gasteiger partial charge in [0.25, 0.3) is 0 Å². The highest BCUT2D eigenvalue weighted by molar-refractivity contribution is 7.84. The molecule has 7 N–H and O–H groups in total. The lowest BCUT2D eigenvalue weighted by Gasteiger charge is -2.14. The molecule has 0 aliphatic rings. The lowest BCUT2D eigenvalue weighted by Crippen LogP contribution is -2.13. The molecule has 0 spiro atoms. The van der Waals surface area contributed by atoms with Crippen molar-refractivity contribution in [3.8, 4) is 5.75 Å². The number of pyridine rings is 1. The zero-order chi connectivity index (χ0) is 16.3. The second-order valence-electron chi connectivity index (χ2n) is 4.45. The van der Waals surface area contributed by atoms with Gasteiger partial charge in [0.2, 0.25) is 0 Å². The smallest absolute Gasteiger partial charge is 0.169 e. The van der Waals surface area contributed by atoms with Crippen molar-refractivity contribution >= 4 is 39.7 Å². The average Bonchev–Trinajstić information content (AvgIpc) is 2.47. The van der Waals surface area contributed by atoms with Crippen molar-refractivity contribution in [2.24, 2.45) is 5.84 Å². The van der Waals surface area contributed by atoms with Crippen LogP contribution < -0.4 is 27.5 Å². The van der Waals surface area contributed by atoms with Crippen LogP contribution in [0.2, 0.25) is 5.02 Å². The minimum Gasteiger partial charge on any atom is -0.486 e. The number of ether oxygens (including phenoxy) is 1. The Morgan fingerprint density at radius 1 is 1.36 bits per heavy atom. The summed E-state index contributed by atoms with van der Waals surface area (Å²) < 4.78 is 17.4. The van der Waals surface area contributed by atoms with E-state index in [0.29, 0.717) is 21.2 Å². The molecule has 1 heterocycles. The van der Waals surface area contributed by atoms with Gasteiger partial charge in [-0.2, -0.15) is 0 Å². The molecule has 0 fully saturated rings. The van der Waals surface area contributed by atoms with Crippen LogP contribution in [0.15, 0.2) is 29.2 Å². The van der Waals surface area contributed by atoms with Crippen LogP contribution in [0.1, 0.15) is 5.56 Å². The summed E-state index contributed by atoms with van der Waals surface area (Å²) in [5.74, 6) is 6.08. The van der Waals surface area contributed by atoms with E-state index in [1.165, 1.54) is 6.07 Å². The first-order chi connectivity index (χ1) is 10.4. The molecule has 7 nitrogen and oxygen atoms in total. The van der Waals surface area contributed by atoms with E-state index < -0.39 is 10.8 Å². The van der Waals surface area contributed by atoms with E-state index in [2.05, 4.69) is 10.4 Å². The fourth-order valence-electron chi connectivity index (χ4n) is 1.88. The summed E-state index contributed by atoms with van der Waals surface area (Å²) in [6, 6.07) is 6.57. The van der Waals surface area contributed by atoms with Gasteiger partial charge in [-0.25, -0.2) is 10.8 Å². The molecule has 9 heteroatoms. The predicted octanol–water partition coefficient (Wildman–Crippen LogP) is 1.50. The van der Waals surface area contributed by atoms with Gasteiger partial charge in [-0.1, -0.05) is 11.6 Å². The summed E-state index contributed by atoms with van der Waals surface area (Å²) in [7, 11) is -1.16. The molecule has 0 bridgehead atoms. The average molecular weight is 342 g/mol. The molecule has 2 aromatic rings.